The Balaban J connectivity index is 0.000000157. The van der Waals surface area contributed by atoms with Crippen LogP contribution in [0.2, 0.25) is 0 Å². The molecule has 2 bridgehead atoms. The van der Waals surface area contributed by atoms with Crippen LogP contribution in [0.5, 0.6) is 0 Å². The maximum Gasteiger partial charge on any atom is 0.00702 e. The Kier molecular flexibility index (Phi) is 4.18. The van der Waals surface area contributed by atoms with Gasteiger partial charge in [-0.2, -0.15) is 0 Å². The van der Waals surface area contributed by atoms with Crippen molar-refractivity contribution >= 4 is 0 Å². The van der Waals surface area contributed by atoms with Crippen molar-refractivity contribution in [2.24, 2.45) is 0 Å². The van der Waals surface area contributed by atoms with E-state index in [2.05, 4.69) is 17.2 Å². The molecule has 0 aromatic rings. The van der Waals surface area contributed by atoms with Gasteiger partial charge in [-0.25, -0.2) is 0 Å². The van der Waals surface area contributed by atoms with Crippen LogP contribution in [0.15, 0.2) is 0 Å². The highest BCUT2D eigenvalue weighted by Crippen LogP contribution is 2.25. The zero-order valence-corrected chi connectivity index (χ0v) is 8.19. The van der Waals surface area contributed by atoms with Crippen LogP contribution in [0.1, 0.15) is 46.0 Å². The smallest absolute Gasteiger partial charge is 0.00702 e. The largest absolute Gasteiger partial charge is 0.311 e. The van der Waals surface area contributed by atoms with Gasteiger partial charge in [0, 0.05) is 12.1 Å². The van der Waals surface area contributed by atoms with Gasteiger partial charge in [0.15, 0.2) is 0 Å². The molecule has 2 aliphatic rings. The van der Waals surface area contributed by atoms with Crippen molar-refractivity contribution in [1.29, 1.82) is 0 Å². The van der Waals surface area contributed by atoms with Crippen molar-refractivity contribution in [3.8, 4) is 11.8 Å². The molecule has 2 fully saturated rings. The standard InChI is InChI=1S/C7H13N.C4H6/c1-2-6-4-5-7(3-1)8-6;1-3-4-2/h6-8H,1-5H2;1-2H3. The van der Waals surface area contributed by atoms with Gasteiger partial charge in [-0.15, -0.1) is 11.8 Å². The summed E-state index contributed by atoms with van der Waals surface area (Å²) < 4.78 is 0. The van der Waals surface area contributed by atoms with Gasteiger partial charge in [0.1, 0.15) is 0 Å². The van der Waals surface area contributed by atoms with Crippen molar-refractivity contribution in [3.05, 3.63) is 0 Å². The molecule has 0 aliphatic carbocycles. The third-order valence-electron chi connectivity index (χ3n) is 2.69. The van der Waals surface area contributed by atoms with Crippen LogP contribution in [-0.4, -0.2) is 12.1 Å². The normalized spacial score (nSPS) is 31.2. The number of hydrogen-bond donors (Lipinski definition) is 1. The van der Waals surface area contributed by atoms with Crippen molar-refractivity contribution < 1.29 is 0 Å². The Bertz CT molecular complexity index is 155. The van der Waals surface area contributed by atoms with E-state index in [1.165, 1.54) is 32.1 Å². The maximum absolute atomic E-state index is 3.59. The summed E-state index contributed by atoms with van der Waals surface area (Å²) in [5.74, 6) is 5.36. The van der Waals surface area contributed by atoms with E-state index in [1.807, 2.05) is 13.8 Å². The second-order valence-electron chi connectivity index (χ2n) is 3.57. The summed E-state index contributed by atoms with van der Waals surface area (Å²) in [5, 5.41) is 3.59. The molecule has 2 aliphatic heterocycles. The fourth-order valence-corrected chi connectivity index (χ4v) is 1.97. The van der Waals surface area contributed by atoms with Crippen LogP contribution >= 0.6 is 0 Å². The minimum Gasteiger partial charge on any atom is -0.311 e. The lowest BCUT2D eigenvalue weighted by molar-refractivity contribution is 0.406. The second-order valence-corrected chi connectivity index (χ2v) is 3.57. The van der Waals surface area contributed by atoms with Crippen LogP contribution in [0.4, 0.5) is 0 Å². The Morgan fingerprint density at radius 2 is 1.42 bits per heavy atom. The fraction of sp³-hybridized carbons (Fsp3) is 0.818. The van der Waals surface area contributed by atoms with E-state index in [9.17, 15) is 0 Å². The number of piperidine rings is 1. The topological polar surface area (TPSA) is 12.0 Å². The summed E-state index contributed by atoms with van der Waals surface area (Å²) in [7, 11) is 0. The minimum absolute atomic E-state index is 0.911. The molecule has 0 saturated carbocycles. The van der Waals surface area contributed by atoms with Gasteiger partial charge in [-0.3, -0.25) is 0 Å². The number of rotatable bonds is 0. The molecule has 0 amide bonds. The lowest BCUT2D eigenvalue weighted by atomic mass is 10.1. The first-order valence-electron chi connectivity index (χ1n) is 4.96. The average molecular weight is 165 g/mol. The van der Waals surface area contributed by atoms with E-state index in [-0.39, 0.29) is 0 Å². The molecular formula is C11H19N. The Labute approximate surface area is 75.9 Å². The number of nitrogens with one attached hydrogen (secondary N) is 1. The van der Waals surface area contributed by atoms with E-state index < -0.39 is 0 Å². The van der Waals surface area contributed by atoms with Crippen LogP contribution in [0.25, 0.3) is 0 Å². The third-order valence-corrected chi connectivity index (χ3v) is 2.69. The Morgan fingerprint density at radius 1 is 0.917 bits per heavy atom. The van der Waals surface area contributed by atoms with Gasteiger partial charge in [0.05, 0.1) is 0 Å². The summed E-state index contributed by atoms with van der Waals surface area (Å²) in [6.45, 7) is 3.64. The average Bonchev–Trinajstić information content (AvgIpc) is 2.46. The van der Waals surface area contributed by atoms with Crippen LogP contribution in [0.3, 0.4) is 0 Å². The van der Waals surface area contributed by atoms with E-state index in [1.54, 1.807) is 0 Å². The highest BCUT2D eigenvalue weighted by molar-refractivity contribution is 4.89. The van der Waals surface area contributed by atoms with Gasteiger partial charge >= 0.3 is 0 Å². The van der Waals surface area contributed by atoms with Crippen molar-refractivity contribution in [2.45, 2.75) is 58.0 Å². The summed E-state index contributed by atoms with van der Waals surface area (Å²) in [5.41, 5.74) is 0. The summed E-state index contributed by atoms with van der Waals surface area (Å²) in [4.78, 5) is 0. The molecule has 68 valence electrons. The molecule has 0 aromatic carbocycles. The van der Waals surface area contributed by atoms with Crippen molar-refractivity contribution in [1.82, 2.24) is 5.32 Å². The van der Waals surface area contributed by atoms with Crippen LogP contribution < -0.4 is 5.32 Å². The first-order chi connectivity index (χ1) is 5.86. The molecular weight excluding hydrogens is 146 g/mol. The lowest BCUT2D eigenvalue weighted by Gasteiger charge is -2.19. The first-order valence-corrected chi connectivity index (χ1v) is 4.96. The molecule has 12 heavy (non-hydrogen) atoms. The first kappa shape index (κ1) is 9.61. The molecule has 2 heterocycles. The number of hydrogen-bond acceptors (Lipinski definition) is 1. The second kappa shape index (κ2) is 5.22. The van der Waals surface area contributed by atoms with Crippen LogP contribution in [-0.2, 0) is 0 Å². The van der Waals surface area contributed by atoms with E-state index >= 15 is 0 Å². The van der Waals surface area contributed by atoms with Gasteiger partial charge < -0.3 is 5.32 Å². The molecule has 2 unspecified atom stereocenters. The van der Waals surface area contributed by atoms with Crippen LogP contribution in [0, 0.1) is 11.8 Å². The minimum atomic E-state index is 0.911. The van der Waals surface area contributed by atoms with E-state index in [0.29, 0.717) is 0 Å². The van der Waals surface area contributed by atoms with Gasteiger partial charge in [-0.1, -0.05) is 6.42 Å². The Hall–Kier alpha value is -0.480. The molecule has 0 aromatic heterocycles. The third kappa shape index (κ3) is 2.87. The highest BCUT2D eigenvalue weighted by atomic mass is 15.0. The summed E-state index contributed by atoms with van der Waals surface area (Å²) in [6, 6.07) is 1.82. The predicted molar refractivity (Wildman–Crippen MR) is 52.9 cm³/mol. The monoisotopic (exact) mass is 165 g/mol. The predicted octanol–water partition coefficient (Wildman–Crippen LogP) is 2.32. The highest BCUT2D eigenvalue weighted by Gasteiger charge is 2.26. The lowest BCUT2D eigenvalue weighted by Crippen LogP contribution is -2.33. The van der Waals surface area contributed by atoms with Gasteiger partial charge in [0.25, 0.3) is 0 Å². The van der Waals surface area contributed by atoms with Gasteiger partial charge in [0.2, 0.25) is 0 Å². The van der Waals surface area contributed by atoms with E-state index in [4.69, 9.17) is 0 Å². The fourth-order valence-electron chi connectivity index (χ4n) is 1.97. The molecule has 1 N–H and O–H groups in total. The van der Waals surface area contributed by atoms with E-state index in [0.717, 1.165) is 12.1 Å². The van der Waals surface area contributed by atoms with Gasteiger partial charge in [-0.05, 0) is 39.5 Å². The maximum atomic E-state index is 3.59. The summed E-state index contributed by atoms with van der Waals surface area (Å²) in [6.07, 6.45) is 7.25. The molecule has 2 rings (SSSR count). The Morgan fingerprint density at radius 3 is 1.75 bits per heavy atom. The molecule has 0 spiro atoms. The molecule has 2 atom stereocenters. The van der Waals surface area contributed by atoms with Crippen molar-refractivity contribution in [2.75, 3.05) is 0 Å². The zero-order valence-electron chi connectivity index (χ0n) is 8.19. The summed E-state index contributed by atoms with van der Waals surface area (Å²) >= 11 is 0. The quantitative estimate of drug-likeness (QED) is 0.543. The molecule has 1 heteroatoms. The molecule has 0 radical (unpaired) electrons. The number of fused-ring (bicyclic) bond motifs is 2. The van der Waals surface area contributed by atoms with Crippen molar-refractivity contribution in [3.63, 3.8) is 0 Å². The molecule has 1 nitrogen and oxygen atoms in total. The zero-order chi connectivity index (χ0) is 8.81. The molecule has 2 saturated heterocycles. The SMILES string of the molecule is C1CC2CCC(C1)N2.CC#CC.